The molecule has 0 radical (unpaired) electrons. The highest BCUT2D eigenvalue weighted by atomic mass is 16.7. The van der Waals surface area contributed by atoms with E-state index in [0.717, 1.165) is 17.6 Å². The van der Waals surface area contributed by atoms with Crippen LogP contribution in [-0.2, 0) is 16.1 Å². The lowest BCUT2D eigenvalue weighted by Gasteiger charge is -2.08. The molecule has 0 saturated carbocycles. The summed E-state index contributed by atoms with van der Waals surface area (Å²) >= 11 is 0. The average Bonchev–Trinajstić information content (AvgIpc) is 2.73. The van der Waals surface area contributed by atoms with E-state index in [4.69, 9.17) is 9.47 Å². The van der Waals surface area contributed by atoms with Crippen molar-refractivity contribution in [2.75, 3.05) is 11.9 Å². The number of anilines is 1. The van der Waals surface area contributed by atoms with Crippen LogP contribution in [0.3, 0.4) is 0 Å². The Kier molecular flexibility index (Phi) is 8.62. The summed E-state index contributed by atoms with van der Waals surface area (Å²) < 4.78 is 9.66. The Morgan fingerprint density at radius 2 is 1.63 bits per heavy atom. The van der Waals surface area contributed by atoms with E-state index in [1.165, 1.54) is 12.1 Å². The fourth-order valence-corrected chi connectivity index (χ4v) is 2.39. The fourth-order valence-electron chi connectivity index (χ4n) is 2.39. The maximum atomic E-state index is 12.4. The lowest BCUT2D eigenvalue weighted by Crippen LogP contribution is -2.20. The summed E-state index contributed by atoms with van der Waals surface area (Å²) in [6.07, 6.45) is 1.64. The molecule has 2 aromatic rings. The molecule has 0 unspecified atom stereocenters. The Morgan fingerprint density at radius 3 is 2.23 bits per heavy atom. The highest BCUT2D eigenvalue weighted by molar-refractivity contribution is 6.04. The number of carbonyl (C=O) groups is 3. The van der Waals surface area contributed by atoms with Crippen molar-refractivity contribution in [1.82, 2.24) is 5.32 Å². The molecule has 30 heavy (non-hydrogen) atoms. The number of amides is 2. The van der Waals surface area contributed by atoms with Crippen LogP contribution in [0.4, 0.5) is 10.5 Å². The lowest BCUT2D eigenvalue weighted by atomic mass is 10.1. The zero-order chi connectivity index (χ0) is 21.9. The minimum absolute atomic E-state index is 0.123. The first-order valence-corrected chi connectivity index (χ1v) is 9.71. The summed E-state index contributed by atoms with van der Waals surface area (Å²) in [5.41, 5.74) is 2.99. The summed E-state index contributed by atoms with van der Waals surface area (Å²) in [6.45, 7) is 6.22. The van der Waals surface area contributed by atoms with Gasteiger partial charge in [-0.05, 0) is 62.2 Å². The van der Waals surface area contributed by atoms with Gasteiger partial charge in [0.25, 0.3) is 5.91 Å². The highest BCUT2D eigenvalue weighted by Crippen LogP contribution is 2.15. The van der Waals surface area contributed by atoms with Gasteiger partial charge in [-0.25, -0.2) is 4.79 Å². The number of benzene rings is 2. The van der Waals surface area contributed by atoms with Crippen LogP contribution in [0.5, 0.6) is 5.75 Å². The maximum Gasteiger partial charge on any atom is 0.513 e. The quantitative estimate of drug-likeness (QED) is 0.381. The second-order valence-electron chi connectivity index (χ2n) is 6.52. The summed E-state index contributed by atoms with van der Waals surface area (Å²) in [5.74, 6) is -0.124. The number of hydrogen-bond acceptors (Lipinski definition) is 5. The van der Waals surface area contributed by atoms with Crippen molar-refractivity contribution in [3.05, 3.63) is 71.3 Å². The molecule has 0 aromatic heterocycles. The summed E-state index contributed by atoms with van der Waals surface area (Å²) in [4.78, 5) is 35.5. The van der Waals surface area contributed by atoms with E-state index in [1.807, 2.05) is 26.0 Å². The second-order valence-corrected chi connectivity index (χ2v) is 6.52. The number of carbonyl (C=O) groups excluding carboxylic acids is 3. The Bertz CT molecular complexity index is 902. The first-order chi connectivity index (χ1) is 14.4. The fraction of sp³-hybridized carbons (Fsp3) is 0.261. The maximum absolute atomic E-state index is 12.4. The van der Waals surface area contributed by atoms with Gasteiger partial charge in [0, 0.05) is 23.9 Å². The third-order valence-electron chi connectivity index (χ3n) is 4.19. The molecule has 2 aromatic carbocycles. The van der Waals surface area contributed by atoms with Crippen LogP contribution in [0.2, 0.25) is 0 Å². The molecule has 0 saturated heterocycles. The van der Waals surface area contributed by atoms with Crippen LogP contribution in [0.1, 0.15) is 43.1 Å². The minimum atomic E-state index is -0.789. The van der Waals surface area contributed by atoms with E-state index in [1.54, 1.807) is 37.3 Å². The molecule has 0 aliphatic heterocycles. The molecule has 2 amide bonds. The van der Waals surface area contributed by atoms with Crippen LogP contribution in [0, 0.1) is 0 Å². The van der Waals surface area contributed by atoms with E-state index in [-0.39, 0.29) is 18.4 Å². The van der Waals surface area contributed by atoms with Gasteiger partial charge in [0.1, 0.15) is 5.75 Å². The minimum Gasteiger partial charge on any atom is -0.434 e. The molecule has 7 heteroatoms. The van der Waals surface area contributed by atoms with Crippen molar-refractivity contribution >= 4 is 23.7 Å². The van der Waals surface area contributed by atoms with Crippen molar-refractivity contribution in [2.45, 2.75) is 33.7 Å². The standard InChI is InChI=1S/C23H26N2O5/c1-4-16(3)14-21(26)24-15-17-6-10-19(11-7-17)25-22(27)18-8-12-20(13-9-18)30-23(28)29-5-2/h6-14H,4-5,15H2,1-3H3,(H,24,26)(H,25,27)/b16-14+. The van der Waals surface area contributed by atoms with Gasteiger partial charge in [-0.2, -0.15) is 0 Å². The van der Waals surface area contributed by atoms with Crippen molar-refractivity contribution in [3.63, 3.8) is 0 Å². The van der Waals surface area contributed by atoms with E-state index < -0.39 is 6.16 Å². The number of allylic oxidation sites excluding steroid dienone is 1. The second kappa shape index (κ2) is 11.4. The molecule has 2 N–H and O–H groups in total. The number of nitrogens with one attached hydrogen (secondary N) is 2. The van der Waals surface area contributed by atoms with Gasteiger partial charge in [0.15, 0.2) is 0 Å². The van der Waals surface area contributed by atoms with Crippen LogP contribution < -0.4 is 15.4 Å². The Balaban J connectivity index is 1.88. The molecule has 0 aliphatic carbocycles. The van der Waals surface area contributed by atoms with E-state index in [9.17, 15) is 14.4 Å². The molecule has 0 bridgehead atoms. The molecular formula is C23H26N2O5. The average molecular weight is 410 g/mol. The molecule has 158 valence electrons. The largest absolute Gasteiger partial charge is 0.513 e. The van der Waals surface area contributed by atoms with Crippen LogP contribution in [-0.4, -0.2) is 24.6 Å². The molecule has 0 heterocycles. The first kappa shape index (κ1) is 22.7. The Morgan fingerprint density at radius 1 is 0.967 bits per heavy atom. The van der Waals surface area contributed by atoms with Gasteiger partial charge in [0.05, 0.1) is 6.61 Å². The smallest absolute Gasteiger partial charge is 0.434 e. The molecular weight excluding hydrogens is 384 g/mol. The number of hydrogen-bond donors (Lipinski definition) is 2. The van der Waals surface area contributed by atoms with Gasteiger partial charge in [-0.15, -0.1) is 0 Å². The van der Waals surface area contributed by atoms with Crippen LogP contribution >= 0.6 is 0 Å². The monoisotopic (exact) mass is 410 g/mol. The van der Waals surface area contributed by atoms with Gasteiger partial charge in [-0.1, -0.05) is 24.6 Å². The van der Waals surface area contributed by atoms with Crippen LogP contribution in [0.15, 0.2) is 60.2 Å². The highest BCUT2D eigenvalue weighted by Gasteiger charge is 2.09. The molecule has 2 rings (SSSR count). The molecule has 0 atom stereocenters. The van der Waals surface area contributed by atoms with Crippen molar-refractivity contribution < 1.29 is 23.9 Å². The third kappa shape index (κ3) is 7.43. The van der Waals surface area contributed by atoms with Crippen molar-refractivity contribution in [1.29, 1.82) is 0 Å². The summed E-state index contributed by atoms with van der Waals surface area (Å²) in [5, 5.41) is 5.63. The van der Waals surface area contributed by atoms with Crippen molar-refractivity contribution in [2.24, 2.45) is 0 Å². The summed E-state index contributed by atoms with van der Waals surface area (Å²) in [7, 11) is 0. The van der Waals surface area contributed by atoms with E-state index >= 15 is 0 Å². The molecule has 7 nitrogen and oxygen atoms in total. The van der Waals surface area contributed by atoms with E-state index in [2.05, 4.69) is 10.6 Å². The normalized spacial score (nSPS) is 10.8. The van der Waals surface area contributed by atoms with Gasteiger partial charge < -0.3 is 20.1 Å². The molecule has 0 aliphatic rings. The third-order valence-corrected chi connectivity index (χ3v) is 4.19. The van der Waals surface area contributed by atoms with E-state index in [0.29, 0.717) is 23.5 Å². The molecule has 0 spiro atoms. The summed E-state index contributed by atoms with van der Waals surface area (Å²) in [6, 6.07) is 13.4. The predicted octanol–water partition coefficient (Wildman–Crippen LogP) is 4.45. The predicted molar refractivity (Wildman–Crippen MR) is 114 cm³/mol. The Hall–Kier alpha value is -3.61. The SMILES string of the molecule is CCOC(=O)Oc1ccc(C(=O)Nc2ccc(CNC(=O)/C=C(\C)CC)cc2)cc1. The zero-order valence-electron chi connectivity index (χ0n) is 17.4. The topological polar surface area (TPSA) is 93.7 Å². The van der Waals surface area contributed by atoms with Gasteiger partial charge >= 0.3 is 6.16 Å². The van der Waals surface area contributed by atoms with Crippen LogP contribution in [0.25, 0.3) is 0 Å². The van der Waals surface area contributed by atoms with Gasteiger partial charge in [-0.3, -0.25) is 9.59 Å². The lowest BCUT2D eigenvalue weighted by molar-refractivity contribution is -0.116. The Labute approximate surface area is 176 Å². The van der Waals surface area contributed by atoms with Crippen molar-refractivity contribution in [3.8, 4) is 5.75 Å². The number of rotatable bonds is 8. The number of ether oxygens (including phenoxy) is 2. The molecule has 0 fully saturated rings. The zero-order valence-corrected chi connectivity index (χ0v) is 17.4. The van der Waals surface area contributed by atoms with Gasteiger partial charge in [0.2, 0.25) is 5.91 Å². The first-order valence-electron chi connectivity index (χ1n) is 9.71.